The van der Waals surface area contributed by atoms with Crippen molar-refractivity contribution in [2.45, 2.75) is 53.5 Å². The maximum atomic E-state index is 2.54. The van der Waals surface area contributed by atoms with Crippen LogP contribution in [0.2, 0.25) is 0 Å². The predicted molar refractivity (Wildman–Crippen MR) is 56.5 cm³/mol. The first-order chi connectivity index (χ1) is 5.61. The zero-order valence-corrected chi connectivity index (χ0v) is 9.43. The van der Waals surface area contributed by atoms with Gasteiger partial charge in [0.25, 0.3) is 0 Å². The molecule has 12 heavy (non-hydrogen) atoms. The lowest BCUT2D eigenvalue weighted by Gasteiger charge is -2.27. The lowest BCUT2D eigenvalue weighted by Crippen LogP contribution is -2.34. The van der Waals surface area contributed by atoms with Crippen LogP contribution in [0.25, 0.3) is 0 Å². The van der Waals surface area contributed by atoms with Gasteiger partial charge in [-0.05, 0) is 32.7 Å². The smallest absolute Gasteiger partial charge is 0.00385 e. The topological polar surface area (TPSA) is 3.24 Å². The van der Waals surface area contributed by atoms with Crippen LogP contribution in [0.3, 0.4) is 0 Å². The molecule has 0 aliphatic rings. The molecule has 1 unspecified atom stereocenters. The molecule has 0 N–H and O–H groups in total. The van der Waals surface area contributed by atoms with Gasteiger partial charge in [-0.15, -0.1) is 0 Å². The van der Waals surface area contributed by atoms with Gasteiger partial charge in [0.15, 0.2) is 0 Å². The summed E-state index contributed by atoms with van der Waals surface area (Å²) in [5, 5.41) is 0. The predicted octanol–water partition coefficient (Wildman–Crippen LogP) is 3.15. The lowest BCUT2D eigenvalue weighted by molar-refractivity contribution is 0.198. The van der Waals surface area contributed by atoms with Gasteiger partial charge in [0.1, 0.15) is 0 Å². The van der Waals surface area contributed by atoms with E-state index < -0.39 is 0 Å². The van der Waals surface area contributed by atoms with Crippen LogP contribution in [0.4, 0.5) is 0 Å². The molecule has 0 amide bonds. The first-order valence-corrected chi connectivity index (χ1v) is 5.35. The summed E-state index contributed by atoms with van der Waals surface area (Å²) in [5.74, 6) is 0.859. The van der Waals surface area contributed by atoms with Gasteiger partial charge in [0.05, 0.1) is 0 Å². The second kappa shape index (κ2) is 6.47. The van der Waals surface area contributed by atoms with Crippen LogP contribution < -0.4 is 0 Å². The molecular weight excluding hydrogens is 146 g/mol. The second-order valence-electron chi connectivity index (χ2n) is 4.08. The average Bonchev–Trinajstić information content (AvgIpc) is 2.00. The molecule has 1 atom stereocenters. The van der Waals surface area contributed by atoms with Crippen molar-refractivity contribution in [2.24, 2.45) is 5.92 Å². The van der Waals surface area contributed by atoms with E-state index in [9.17, 15) is 0 Å². The SMILES string of the molecule is CCCC(C)CN(CC)C(C)C. The summed E-state index contributed by atoms with van der Waals surface area (Å²) in [5.41, 5.74) is 0. The third-order valence-corrected chi connectivity index (χ3v) is 2.46. The highest BCUT2D eigenvalue weighted by Crippen LogP contribution is 2.09. The Morgan fingerprint density at radius 2 is 1.67 bits per heavy atom. The Hall–Kier alpha value is -0.0400. The lowest BCUT2D eigenvalue weighted by atomic mass is 10.1. The van der Waals surface area contributed by atoms with Gasteiger partial charge in [-0.1, -0.05) is 27.2 Å². The van der Waals surface area contributed by atoms with Gasteiger partial charge in [-0.25, -0.2) is 0 Å². The summed E-state index contributed by atoms with van der Waals surface area (Å²) in [4.78, 5) is 2.54. The molecule has 0 aromatic heterocycles. The molecule has 0 spiro atoms. The summed E-state index contributed by atoms with van der Waals surface area (Å²) >= 11 is 0. The summed E-state index contributed by atoms with van der Waals surface area (Å²) in [6.07, 6.45) is 2.68. The van der Waals surface area contributed by atoms with E-state index in [1.807, 2.05) is 0 Å². The third kappa shape index (κ3) is 4.76. The highest BCUT2D eigenvalue weighted by atomic mass is 15.1. The molecule has 1 heteroatoms. The molecule has 0 aliphatic carbocycles. The largest absolute Gasteiger partial charge is 0.301 e. The molecule has 0 heterocycles. The fourth-order valence-corrected chi connectivity index (χ4v) is 1.69. The van der Waals surface area contributed by atoms with E-state index in [0.717, 1.165) is 5.92 Å². The van der Waals surface area contributed by atoms with E-state index in [1.165, 1.54) is 25.9 Å². The third-order valence-electron chi connectivity index (χ3n) is 2.46. The van der Waals surface area contributed by atoms with Crippen LogP contribution >= 0.6 is 0 Å². The van der Waals surface area contributed by atoms with Gasteiger partial charge in [0, 0.05) is 12.6 Å². The van der Waals surface area contributed by atoms with E-state index in [2.05, 4.69) is 39.5 Å². The number of hydrogen-bond donors (Lipinski definition) is 0. The minimum Gasteiger partial charge on any atom is -0.301 e. The van der Waals surface area contributed by atoms with Crippen molar-refractivity contribution >= 4 is 0 Å². The van der Waals surface area contributed by atoms with E-state index in [4.69, 9.17) is 0 Å². The minimum absolute atomic E-state index is 0.703. The highest BCUT2D eigenvalue weighted by Gasteiger charge is 2.10. The van der Waals surface area contributed by atoms with E-state index in [0.29, 0.717) is 6.04 Å². The summed E-state index contributed by atoms with van der Waals surface area (Å²) < 4.78 is 0. The van der Waals surface area contributed by atoms with Crippen molar-refractivity contribution in [3.8, 4) is 0 Å². The van der Waals surface area contributed by atoms with E-state index in [1.54, 1.807) is 0 Å². The van der Waals surface area contributed by atoms with E-state index in [-0.39, 0.29) is 0 Å². The van der Waals surface area contributed by atoms with E-state index >= 15 is 0 Å². The summed E-state index contributed by atoms with van der Waals surface area (Å²) in [6, 6.07) is 0.703. The first kappa shape index (κ1) is 12.0. The summed E-state index contributed by atoms with van der Waals surface area (Å²) in [7, 11) is 0. The molecule has 0 saturated carbocycles. The van der Waals surface area contributed by atoms with Crippen LogP contribution in [-0.4, -0.2) is 24.0 Å². The van der Waals surface area contributed by atoms with Crippen molar-refractivity contribution in [3.05, 3.63) is 0 Å². The second-order valence-corrected chi connectivity index (χ2v) is 4.08. The number of hydrogen-bond acceptors (Lipinski definition) is 1. The van der Waals surface area contributed by atoms with Crippen molar-refractivity contribution in [1.29, 1.82) is 0 Å². The fourth-order valence-electron chi connectivity index (χ4n) is 1.69. The van der Waals surface area contributed by atoms with Gasteiger partial charge < -0.3 is 4.90 Å². The zero-order valence-electron chi connectivity index (χ0n) is 9.43. The molecule has 0 aliphatic heterocycles. The van der Waals surface area contributed by atoms with Crippen molar-refractivity contribution in [1.82, 2.24) is 4.90 Å². The van der Waals surface area contributed by atoms with Crippen LogP contribution in [0.15, 0.2) is 0 Å². The Morgan fingerprint density at radius 1 is 1.08 bits per heavy atom. The fraction of sp³-hybridized carbons (Fsp3) is 1.00. The molecule has 0 bridgehead atoms. The monoisotopic (exact) mass is 171 g/mol. The van der Waals surface area contributed by atoms with Crippen LogP contribution in [-0.2, 0) is 0 Å². The molecule has 0 fully saturated rings. The minimum atomic E-state index is 0.703. The van der Waals surface area contributed by atoms with Gasteiger partial charge >= 0.3 is 0 Å². The van der Waals surface area contributed by atoms with Crippen LogP contribution in [0.1, 0.15) is 47.5 Å². The van der Waals surface area contributed by atoms with Crippen LogP contribution in [0, 0.1) is 5.92 Å². The van der Waals surface area contributed by atoms with Crippen molar-refractivity contribution in [3.63, 3.8) is 0 Å². The standard InChI is InChI=1S/C11H25N/c1-6-8-11(5)9-12(7-2)10(3)4/h10-11H,6-9H2,1-5H3. The first-order valence-electron chi connectivity index (χ1n) is 5.35. The molecule has 0 saturated heterocycles. The maximum absolute atomic E-state index is 2.54. The quantitative estimate of drug-likeness (QED) is 0.593. The molecule has 0 rings (SSSR count). The van der Waals surface area contributed by atoms with Crippen LogP contribution in [0.5, 0.6) is 0 Å². The summed E-state index contributed by atoms with van der Waals surface area (Å²) in [6.45, 7) is 13.9. The van der Waals surface area contributed by atoms with Crippen molar-refractivity contribution in [2.75, 3.05) is 13.1 Å². The average molecular weight is 171 g/mol. The number of nitrogens with zero attached hydrogens (tertiary/aromatic N) is 1. The Bertz CT molecular complexity index is 99.2. The molecule has 0 aromatic carbocycles. The zero-order chi connectivity index (χ0) is 9.56. The maximum Gasteiger partial charge on any atom is 0.00385 e. The Balaban J connectivity index is 3.69. The molecule has 0 radical (unpaired) electrons. The Labute approximate surface area is 78.1 Å². The van der Waals surface area contributed by atoms with Gasteiger partial charge in [-0.3, -0.25) is 0 Å². The van der Waals surface area contributed by atoms with Crippen molar-refractivity contribution < 1.29 is 0 Å². The molecule has 1 nitrogen and oxygen atoms in total. The van der Waals surface area contributed by atoms with Gasteiger partial charge in [-0.2, -0.15) is 0 Å². The van der Waals surface area contributed by atoms with Gasteiger partial charge in [0.2, 0.25) is 0 Å². The normalized spacial score (nSPS) is 14.2. The Morgan fingerprint density at radius 3 is 2.00 bits per heavy atom. The number of rotatable bonds is 6. The molecular formula is C11H25N. The highest BCUT2D eigenvalue weighted by molar-refractivity contribution is 4.64. The molecule has 0 aromatic rings. The molecule has 74 valence electrons. The Kier molecular flexibility index (Phi) is 6.45.